The second kappa shape index (κ2) is 8.24. The molecule has 1 aliphatic rings. The van der Waals surface area contributed by atoms with E-state index in [0.29, 0.717) is 29.7 Å². The van der Waals surface area contributed by atoms with E-state index in [1.54, 1.807) is 29.2 Å². The molecule has 0 spiro atoms. The van der Waals surface area contributed by atoms with Crippen molar-refractivity contribution in [2.24, 2.45) is 5.92 Å². The normalized spacial score (nSPS) is 19.4. The number of hydrogen-bond donors (Lipinski definition) is 2. The van der Waals surface area contributed by atoms with Crippen LogP contribution in [0.3, 0.4) is 0 Å². The fraction of sp³-hybridized carbons (Fsp3) is 0.208. The number of rotatable bonds is 6. The van der Waals surface area contributed by atoms with Gasteiger partial charge in [-0.3, -0.25) is 4.79 Å². The molecule has 3 aromatic carbocycles. The number of aliphatic hydroxyl groups excluding tert-OH is 1. The molecule has 0 aliphatic carbocycles. The van der Waals surface area contributed by atoms with Crippen LogP contribution < -0.4 is 4.90 Å². The molecule has 4 rings (SSSR count). The van der Waals surface area contributed by atoms with E-state index >= 15 is 0 Å². The predicted octanol–water partition coefficient (Wildman–Crippen LogP) is 4.89. The number of nitrogens with zero attached hydrogens (tertiary/aromatic N) is 1. The average molecular weight is 409 g/mol. The molecule has 3 atom stereocenters. The first-order valence-corrected chi connectivity index (χ1v) is 9.76. The zero-order valence-electron chi connectivity index (χ0n) is 16.1. The minimum absolute atomic E-state index is 0.0752. The standard InChI is InChI=1S/C24H21F2NO3/c25-16-7-5-15(6-8-16)21(28)14-13-20-23(19-3-1-2-4-22(19)29)27(24(20)30)18-11-9-17(26)10-12-18/h1-12,20-21,23,28-29H,13-14H2/t20?,21-,23?/m1/s1. The predicted molar refractivity (Wildman–Crippen MR) is 109 cm³/mol. The Morgan fingerprint density at radius 1 is 0.900 bits per heavy atom. The largest absolute Gasteiger partial charge is 0.508 e. The molecule has 1 heterocycles. The fourth-order valence-electron chi connectivity index (χ4n) is 4.00. The highest BCUT2D eigenvalue weighted by Crippen LogP contribution is 2.48. The molecule has 0 bridgehead atoms. The van der Waals surface area contributed by atoms with Crippen molar-refractivity contribution >= 4 is 11.6 Å². The number of aromatic hydroxyl groups is 1. The summed E-state index contributed by atoms with van der Waals surface area (Å²) in [5.41, 5.74) is 1.73. The number of benzene rings is 3. The summed E-state index contributed by atoms with van der Waals surface area (Å²) in [4.78, 5) is 14.5. The number of para-hydroxylation sites is 1. The lowest BCUT2D eigenvalue weighted by Crippen LogP contribution is -2.55. The summed E-state index contributed by atoms with van der Waals surface area (Å²) in [7, 11) is 0. The molecule has 4 nitrogen and oxygen atoms in total. The molecule has 2 unspecified atom stereocenters. The molecule has 0 aromatic heterocycles. The second-order valence-electron chi connectivity index (χ2n) is 7.44. The van der Waals surface area contributed by atoms with Gasteiger partial charge in [0.05, 0.1) is 18.1 Å². The Hall–Kier alpha value is -3.25. The number of phenols is 1. The Labute approximate surface area is 173 Å². The zero-order chi connectivity index (χ0) is 21.3. The lowest BCUT2D eigenvalue weighted by atomic mass is 9.78. The number of carbonyl (C=O) groups excluding carboxylic acids is 1. The van der Waals surface area contributed by atoms with Gasteiger partial charge >= 0.3 is 0 Å². The van der Waals surface area contributed by atoms with Crippen LogP contribution in [0.2, 0.25) is 0 Å². The van der Waals surface area contributed by atoms with Gasteiger partial charge in [0.15, 0.2) is 0 Å². The molecule has 1 fully saturated rings. The van der Waals surface area contributed by atoms with Gasteiger partial charge in [-0.05, 0) is 60.9 Å². The lowest BCUT2D eigenvalue weighted by molar-refractivity contribution is -0.131. The molecule has 1 aliphatic heterocycles. The average Bonchev–Trinajstić information content (AvgIpc) is 2.74. The van der Waals surface area contributed by atoms with E-state index in [-0.39, 0.29) is 17.5 Å². The van der Waals surface area contributed by atoms with Crippen molar-refractivity contribution in [1.82, 2.24) is 0 Å². The van der Waals surface area contributed by atoms with Crippen LogP contribution in [-0.2, 0) is 4.79 Å². The van der Waals surface area contributed by atoms with Crippen LogP contribution in [0.4, 0.5) is 14.5 Å². The Morgan fingerprint density at radius 3 is 2.13 bits per heavy atom. The first-order chi connectivity index (χ1) is 14.5. The van der Waals surface area contributed by atoms with Gasteiger partial charge in [-0.15, -0.1) is 0 Å². The minimum atomic E-state index is -0.830. The lowest BCUT2D eigenvalue weighted by Gasteiger charge is -2.48. The molecule has 1 amide bonds. The number of amides is 1. The van der Waals surface area contributed by atoms with Gasteiger partial charge in [-0.1, -0.05) is 30.3 Å². The zero-order valence-corrected chi connectivity index (χ0v) is 16.1. The molecule has 154 valence electrons. The first kappa shape index (κ1) is 20.0. The number of anilines is 1. The van der Waals surface area contributed by atoms with Crippen molar-refractivity contribution in [2.75, 3.05) is 4.90 Å². The van der Waals surface area contributed by atoms with Gasteiger partial charge in [0.2, 0.25) is 5.91 Å². The van der Waals surface area contributed by atoms with Crippen molar-refractivity contribution in [3.63, 3.8) is 0 Å². The van der Waals surface area contributed by atoms with Crippen molar-refractivity contribution < 1.29 is 23.8 Å². The summed E-state index contributed by atoms with van der Waals surface area (Å²) in [6.07, 6.45) is -0.138. The molecule has 1 saturated heterocycles. The quantitative estimate of drug-likeness (QED) is 0.570. The van der Waals surface area contributed by atoms with E-state index < -0.39 is 23.9 Å². The summed E-state index contributed by atoms with van der Waals surface area (Å²) in [5.74, 6) is -1.30. The number of carbonyl (C=O) groups is 1. The summed E-state index contributed by atoms with van der Waals surface area (Å²) in [5, 5.41) is 20.8. The highest BCUT2D eigenvalue weighted by atomic mass is 19.1. The molecule has 30 heavy (non-hydrogen) atoms. The Morgan fingerprint density at radius 2 is 1.50 bits per heavy atom. The highest BCUT2D eigenvalue weighted by Gasteiger charge is 2.49. The van der Waals surface area contributed by atoms with Gasteiger partial charge in [-0.2, -0.15) is 0 Å². The van der Waals surface area contributed by atoms with Crippen LogP contribution in [-0.4, -0.2) is 16.1 Å². The Kier molecular flexibility index (Phi) is 5.50. The van der Waals surface area contributed by atoms with E-state index in [4.69, 9.17) is 0 Å². The fourth-order valence-corrected chi connectivity index (χ4v) is 4.00. The van der Waals surface area contributed by atoms with E-state index in [0.717, 1.165) is 0 Å². The summed E-state index contributed by atoms with van der Waals surface area (Å²) in [6, 6.07) is 17.6. The van der Waals surface area contributed by atoms with E-state index in [2.05, 4.69) is 0 Å². The molecule has 3 aromatic rings. The van der Waals surface area contributed by atoms with Gasteiger partial charge in [0, 0.05) is 11.3 Å². The third-order valence-electron chi connectivity index (χ3n) is 5.58. The maximum atomic E-state index is 13.3. The van der Waals surface area contributed by atoms with E-state index in [1.807, 2.05) is 0 Å². The molecular weight excluding hydrogens is 388 g/mol. The van der Waals surface area contributed by atoms with Gasteiger partial charge in [0.25, 0.3) is 0 Å². The van der Waals surface area contributed by atoms with Crippen molar-refractivity contribution in [3.05, 3.63) is 95.6 Å². The monoisotopic (exact) mass is 409 g/mol. The van der Waals surface area contributed by atoms with Crippen molar-refractivity contribution in [2.45, 2.75) is 25.0 Å². The topological polar surface area (TPSA) is 60.8 Å². The molecule has 0 radical (unpaired) electrons. The van der Waals surface area contributed by atoms with Crippen LogP contribution >= 0.6 is 0 Å². The Bertz CT molecular complexity index is 1040. The molecular formula is C24H21F2NO3. The summed E-state index contributed by atoms with van der Waals surface area (Å²) in [6.45, 7) is 0. The first-order valence-electron chi connectivity index (χ1n) is 9.76. The van der Waals surface area contributed by atoms with Gasteiger partial charge in [-0.25, -0.2) is 8.78 Å². The number of hydrogen-bond acceptors (Lipinski definition) is 3. The van der Waals surface area contributed by atoms with Gasteiger partial charge in [0.1, 0.15) is 17.4 Å². The number of phenolic OH excluding ortho intramolecular Hbond substituents is 1. The SMILES string of the molecule is O=C1C(CC[C@@H](O)c2ccc(F)cc2)C(c2ccccc2O)N1c1ccc(F)cc1. The number of halogens is 2. The number of aliphatic hydroxyl groups is 1. The van der Waals surface area contributed by atoms with Crippen molar-refractivity contribution in [1.29, 1.82) is 0 Å². The second-order valence-corrected chi connectivity index (χ2v) is 7.44. The molecule has 0 saturated carbocycles. The maximum absolute atomic E-state index is 13.3. The van der Waals surface area contributed by atoms with E-state index in [9.17, 15) is 23.8 Å². The van der Waals surface area contributed by atoms with Crippen LogP contribution in [0, 0.1) is 17.6 Å². The van der Waals surface area contributed by atoms with Crippen molar-refractivity contribution in [3.8, 4) is 5.75 Å². The van der Waals surface area contributed by atoms with E-state index in [1.165, 1.54) is 48.5 Å². The van der Waals surface area contributed by atoms with Crippen LogP contribution in [0.1, 0.15) is 36.1 Å². The third kappa shape index (κ3) is 3.78. The summed E-state index contributed by atoms with van der Waals surface area (Å²) >= 11 is 0. The minimum Gasteiger partial charge on any atom is -0.508 e. The smallest absolute Gasteiger partial charge is 0.233 e. The third-order valence-corrected chi connectivity index (χ3v) is 5.58. The van der Waals surface area contributed by atoms with Gasteiger partial charge < -0.3 is 15.1 Å². The van der Waals surface area contributed by atoms with Crippen LogP contribution in [0.25, 0.3) is 0 Å². The molecule has 6 heteroatoms. The molecule has 2 N–H and O–H groups in total. The highest BCUT2D eigenvalue weighted by molar-refractivity contribution is 6.03. The number of β-lactam (4-membered cyclic amide) rings is 1. The van der Waals surface area contributed by atoms with Crippen LogP contribution in [0.15, 0.2) is 72.8 Å². The Balaban J connectivity index is 1.57. The van der Waals surface area contributed by atoms with Crippen LogP contribution in [0.5, 0.6) is 5.75 Å². The summed E-state index contributed by atoms with van der Waals surface area (Å²) < 4.78 is 26.4. The maximum Gasteiger partial charge on any atom is 0.233 e.